The van der Waals surface area contributed by atoms with Gasteiger partial charge in [0.25, 0.3) is 0 Å². The second-order valence-corrected chi connectivity index (χ2v) is 4.04. The molecule has 0 saturated heterocycles. The first-order valence-corrected chi connectivity index (χ1v) is 6.50. The van der Waals surface area contributed by atoms with Crippen LogP contribution in [0.2, 0.25) is 0 Å². The first-order chi connectivity index (χ1) is 8.75. The maximum Gasteiger partial charge on any atom is 0.122 e. The van der Waals surface area contributed by atoms with Crippen LogP contribution in [0.15, 0.2) is 48.5 Å². The summed E-state index contributed by atoms with van der Waals surface area (Å²) in [6, 6.07) is 16.5. The van der Waals surface area contributed by atoms with Crippen LogP contribution in [0.25, 0.3) is 0 Å². The molecule has 18 heavy (non-hydrogen) atoms. The molecule has 2 aromatic carbocycles. The molecule has 0 fully saturated rings. The molecule has 0 atom stereocenters. The van der Waals surface area contributed by atoms with Crippen molar-refractivity contribution in [2.75, 3.05) is 0 Å². The summed E-state index contributed by atoms with van der Waals surface area (Å²) in [6.45, 7) is 8.78. The summed E-state index contributed by atoms with van der Waals surface area (Å²) in [5.74, 6) is 0.976. The molecule has 0 heterocycles. The van der Waals surface area contributed by atoms with E-state index in [2.05, 4.69) is 44.2 Å². The van der Waals surface area contributed by atoms with E-state index < -0.39 is 0 Å². The van der Waals surface area contributed by atoms with Crippen molar-refractivity contribution < 1.29 is 4.74 Å². The average Bonchev–Trinajstić information content (AvgIpc) is 2.43. The van der Waals surface area contributed by atoms with Gasteiger partial charge < -0.3 is 4.74 Å². The molecule has 0 aliphatic rings. The van der Waals surface area contributed by atoms with Crippen molar-refractivity contribution in [1.82, 2.24) is 0 Å². The van der Waals surface area contributed by atoms with Crippen LogP contribution in [-0.2, 0) is 6.61 Å². The molecule has 0 amide bonds. The highest BCUT2D eigenvalue weighted by Crippen LogP contribution is 2.20. The van der Waals surface area contributed by atoms with Crippen molar-refractivity contribution in [1.29, 1.82) is 0 Å². The minimum Gasteiger partial charge on any atom is -0.489 e. The first kappa shape index (κ1) is 14.3. The number of rotatable bonds is 3. The van der Waals surface area contributed by atoms with Crippen molar-refractivity contribution in [3.8, 4) is 5.75 Å². The van der Waals surface area contributed by atoms with Crippen molar-refractivity contribution >= 4 is 0 Å². The Balaban J connectivity index is 0.000000771. The van der Waals surface area contributed by atoms with Crippen molar-refractivity contribution in [2.24, 2.45) is 0 Å². The topological polar surface area (TPSA) is 9.23 Å². The van der Waals surface area contributed by atoms with Crippen LogP contribution < -0.4 is 4.74 Å². The van der Waals surface area contributed by atoms with Gasteiger partial charge in [-0.05, 0) is 36.6 Å². The third-order valence-corrected chi connectivity index (χ3v) is 2.58. The highest BCUT2D eigenvalue weighted by Gasteiger charge is 2.00. The zero-order chi connectivity index (χ0) is 13.4. The molecule has 2 rings (SSSR count). The summed E-state index contributed by atoms with van der Waals surface area (Å²) < 4.78 is 5.80. The molecule has 0 N–H and O–H groups in total. The fraction of sp³-hybridized carbons (Fsp3) is 0.294. The van der Waals surface area contributed by atoms with Crippen molar-refractivity contribution in [3.63, 3.8) is 0 Å². The Morgan fingerprint density at radius 2 is 1.56 bits per heavy atom. The summed E-state index contributed by atoms with van der Waals surface area (Å²) in [6.07, 6.45) is 0. The smallest absolute Gasteiger partial charge is 0.122 e. The van der Waals surface area contributed by atoms with Gasteiger partial charge >= 0.3 is 0 Å². The van der Waals surface area contributed by atoms with Gasteiger partial charge in [-0.3, -0.25) is 0 Å². The van der Waals surface area contributed by atoms with E-state index in [0.717, 1.165) is 5.75 Å². The van der Waals surface area contributed by atoms with E-state index in [1.54, 1.807) is 0 Å². The van der Waals surface area contributed by atoms with Crippen LogP contribution in [0, 0.1) is 13.8 Å². The van der Waals surface area contributed by atoms with E-state index in [0.29, 0.717) is 6.61 Å². The minimum absolute atomic E-state index is 0.630. The Kier molecular flexibility index (Phi) is 5.99. The van der Waals surface area contributed by atoms with Gasteiger partial charge in [-0.25, -0.2) is 0 Å². The molecule has 0 radical (unpaired) electrons. The van der Waals surface area contributed by atoms with Crippen LogP contribution in [0.4, 0.5) is 0 Å². The van der Waals surface area contributed by atoms with Gasteiger partial charge in [-0.15, -0.1) is 0 Å². The second-order valence-electron chi connectivity index (χ2n) is 4.04. The molecule has 96 valence electrons. The summed E-state index contributed by atoms with van der Waals surface area (Å²) in [5, 5.41) is 0. The van der Waals surface area contributed by atoms with Crippen LogP contribution in [0.5, 0.6) is 5.75 Å². The van der Waals surface area contributed by atoms with E-state index >= 15 is 0 Å². The Hall–Kier alpha value is -1.76. The Bertz CT molecular complexity index is 460. The molecule has 0 aliphatic carbocycles. The molecular formula is C17H22O. The molecule has 1 nitrogen and oxygen atoms in total. The summed E-state index contributed by atoms with van der Waals surface area (Å²) >= 11 is 0. The predicted octanol–water partition coefficient (Wildman–Crippen LogP) is 4.91. The fourth-order valence-electron chi connectivity index (χ4n) is 1.60. The fourth-order valence-corrected chi connectivity index (χ4v) is 1.60. The van der Waals surface area contributed by atoms with E-state index in [1.807, 2.05) is 32.0 Å². The Morgan fingerprint density at radius 1 is 0.889 bits per heavy atom. The van der Waals surface area contributed by atoms with E-state index in [9.17, 15) is 0 Å². The van der Waals surface area contributed by atoms with Crippen LogP contribution in [-0.4, -0.2) is 0 Å². The SMILES string of the molecule is CC.Cc1ccc(C)c(OCc2ccccc2)c1. The standard InChI is InChI=1S/C15H16O.C2H6/c1-12-8-9-13(2)15(10-12)16-11-14-6-4-3-5-7-14;1-2/h3-10H,11H2,1-2H3;1-2H3. The maximum atomic E-state index is 5.80. The third kappa shape index (κ3) is 4.25. The zero-order valence-corrected chi connectivity index (χ0v) is 11.7. The van der Waals surface area contributed by atoms with Crippen LogP contribution in [0.1, 0.15) is 30.5 Å². The summed E-state index contributed by atoms with van der Waals surface area (Å²) in [7, 11) is 0. The molecule has 0 bridgehead atoms. The van der Waals surface area contributed by atoms with E-state index in [4.69, 9.17) is 4.74 Å². The number of hydrogen-bond acceptors (Lipinski definition) is 1. The number of hydrogen-bond donors (Lipinski definition) is 0. The quantitative estimate of drug-likeness (QED) is 0.743. The first-order valence-electron chi connectivity index (χ1n) is 6.50. The molecule has 0 spiro atoms. The molecule has 1 heteroatoms. The Morgan fingerprint density at radius 3 is 2.22 bits per heavy atom. The lowest BCUT2D eigenvalue weighted by atomic mass is 10.1. The molecule has 0 saturated carbocycles. The molecule has 2 aromatic rings. The lowest BCUT2D eigenvalue weighted by molar-refractivity contribution is 0.304. The third-order valence-electron chi connectivity index (χ3n) is 2.58. The number of aryl methyl sites for hydroxylation is 2. The zero-order valence-electron chi connectivity index (χ0n) is 11.7. The number of ether oxygens (including phenoxy) is 1. The minimum atomic E-state index is 0.630. The summed E-state index contributed by atoms with van der Waals surface area (Å²) in [4.78, 5) is 0. The molecule has 0 aliphatic heterocycles. The second kappa shape index (κ2) is 7.54. The maximum absolute atomic E-state index is 5.80. The predicted molar refractivity (Wildman–Crippen MR) is 78.0 cm³/mol. The van der Waals surface area contributed by atoms with Gasteiger partial charge in [0.2, 0.25) is 0 Å². The highest BCUT2D eigenvalue weighted by molar-refractivity contribution is 5.36. The van der Waals surface area contributed by atoms with Crippen LogP contribution >= 0.6 is 0 Å². The van der Waals surface area contributed by atoms with Crippen LogP contribution in [0.3, 0.4) is 0 Å². The van der Waals surface area contributed by atoms with Gasteiger partial charge in [0.05, 0.1) is 0 Å². The van der Waals surface area contributed by atoms with E-state index in [1.165, 1.54) is 16.7 Å². The normalized spacial score (nSPS) is 9.33. The average molecular weight is 242 g/mol. The lowest BCUT2D eigenvalue weighted by Gasteiger charge is -2.09. The van der Waals surface area contributed by atoms with Crippen molar-refractivity contribution in [2.45, 2.75) is 34.3 Å². The van der Waals surface area contributed by atoms with Crippen molar-refractivity contribution in [3.05, 3.63) is 65.2 Å². The van der Waals surface area contributed by atoms with Gasteiger partial charge in [0.15, 0.2) is 0 Å². The Labute approximate surface area is 110 Å². The molecule has 0 unspecified atom stereocenters. The number of benzene rings is 2. The monoisotopic (exact) mass is 242 g/mol. The summed E-state index contributed by atoms with van der Waals surface area (Å²) in [5.41, 5.74) is 3.61. The van der Waals surface area contributed by atoms with Gasteiger partial charge in [0.1, 0.15) is 12.4 Å². The lowest BCUT2D eigenvalue weighted by Crippen LogP contribution is -1.96. The highest BCUT2D eigenvalue weighted by atomic mass is 16.5. The van der Waals surface area contributed by atoms with Gasteiger partial charge in [-0.1, -0.05) is 56.3 Å². The molecule has 0 aromatic heterocycles. The molecular weight excluding hydrogens is 220 g/mol. The van der Waals surface area contributed by atoms with Gasteiger partial charge in [-0.2, -0.15) is 0 Å². The largest absolute Gasteiger partial charge is 0.489 e. The van der Waals surface area contributed by atoms with Gasteiger partial charge in [0, 0.05) is 0 Å². The van der Waals surface area contributed by atoms with E-state index in [-0.39, 0.29) is 0 Å².